The van der Waals surface area contributed by atoms with Crippen LogP contribution in [0.5, 0.6) is 5.75 Å². The van der Waals surface area contributed by atoms with Crippen LogP contribution in [-0.2, 0) is 11.8 Å². The number of ether oxygens (including phenoxy) is 1. The number of para-hydroxylation sites is 1. The molecule has 2 rings (SSSR count). The van der Waals surface area contributed by atoms with Crippen molar-refractivity contribution in [3.63, 3.8) is 0 Å². The molecule has 0 aliphatic heterocycles. The molecule has 21 heavy (non-hydrogen) atoms. The van der Waals surface area contributed by atoms with Crippen molar-refractivity contribution in [3.8, 4) is 5.75 Å². The van der Waals surface area contributed by atoms with Crippen molar-refractivity contribution in [1.29, 1.82) is 0 Å². The predicted molar refractivity (Wildman–Crippen MR) is 73.9 cm³/mol. The van der Waals surface area contributed by atoms with E-state index in [4.69, 9.17) is 0 Å². The summed E-state index contributed by atoms with van der Waals surface area (Å²) in [5.74, 6) is -0.382. The maximum Gasteiger partial charge on any atom is 0.387 e. The number of alkyl halides is 2. The molecular formula is C14H13F2N3O2. The van der Waals surface area contributed by atoms with Crippen LogP contribution in [0.3, 0.4) is 0 Å². The topological polar surface area (TPSA) is 56.2 Å². The number of halogens is 2. The molecular weight excluding hydrogens is 280 g/mol. The first-order valence-electron chi connectivity index (χ1n) is 6.06. The highest BCUT2D eigenvalue weighted by Crippen LogP contribution is 2.21. The van der Waals surface area contributed by atoms with Crippen molar-refractivity contribution in [1.82, 2.24) is 9.78 Å². The minimum Gasteiger partial charge on any atom is -0.434 e. The van der Waals surface area contributed by atoms with E-state index in [2.05, 4.69) is 15.2 Å². The van der Waals surface area contributed by atoms with Crippen molar-refractivity contribution < 1.29 is 18.3 Å². The summed E-state index contributed by atoms with van der Waals surface area (Å²) in [6.07, 6.45) is 5.78. The number of carbonyl (C=O) groups excluding carboxylic acids is 1. The monoisotopic (exact) mass is 293 g/mol. The molecule has 1 amide bonds. The molecule has 5 nitrogen and oxygen atoms in total. The van der Waals surface area contributed by atoms with E-state index in [-0.39, 0.29) is 5.75 Å². The summed E-state index contributed by atoms with van der Waals surface area (Å²) in [4.78, 5) is 11.7. The summed E-state index contributed by atoms with van der Waals surface area (Å²) >= 11 is 0. The minimum atomic E-state index is -2.91. The number of rotatable bonds is 5. The van der Waals surface area contributed by atoms with Crippen molar-refractivity contribution in [2.45, 2.75) is 6.61 Å². The average Bonchev–Trinajstić information content (AvgIpc) is 2.82. The zero-order valence-electron chi connectivity index (χ0n) is 11.2. The standard InChI is InChI=1S/C14H13F2N3O2/c1-19-9-11(8-17-19)18-13(20)7-6-10-4-2-3-5-12(10)21-14(15)16/h2-9,14H,1H3,(H,18,20)/b7-6+. The predicted octanol–water partition coefficient (Wildman–Crippen LogP) is 2.67. The Bertz CT molecular complexity index is 653. The third kappa shape index (κ3) is 4.41. The van der Waals surface area contributed by atoms with Gasteiger partial charge in [0.05, 0.1) is 11.9 Å². The summed E-state index contributed by atoms with van der Waals surface area (Å²) in [6.45, 7) is -2.91. The molecule has 0 spiro atoms. The highest BCUT2D eigenvalue weighted by Gasteiger charge is 2.07. The second-order valence-electron chi connectivity index (χ2n) is 4.14. The van der Waals surface area contributed by atoms with Crippen molar-refractivity contribution in [2.75, 3.05) is 5.32 Å². The normalized spacial score (nSPS) is 11.0. The molecule has 0 bridgehead atoms. The van der Waals surface area contributed by atoms with Crippen LogP contribution < -0.4 is 10.1 Å². The number of amides is 1. The van der Waals surface area contributed by atoms with Gasteiger partial charge in [0.25, 0.3) is 0 Å². The summed E-state index contributed by atoms with van der Waals surface area (Å²) < 4.78 is 30.4. The number of hydrogen-bond donors (Lipinski definition) is 1. The summed E-state index contributed by atoms with van der Waals surface area (Å²) in [5.41, 5.74) is 0.934. The van der Waals surface area contributed by atoms with Gasteiger partial charge < -0.3 is 10.1 Å². The molecule has 2 aromatic rings. The van der Waals surface area contributed by atoms with Gasteiger partial charge in [-0.25, -0.2) is 0 Å². The number of nitrogens with one attached hydrogen (secondary N) is 1. The van der Waals surface area contributed by atoms with Crippen LogP contribution in [0.4, 0.5) is 14.5 Å². The number of carbonyl (C=O) groups is 1. The Hall–Kier alpha value is -2.70. The van der Waals surface area contributed by atoms with Gasteiger partial charge in [0, 0.05) is 24.9 Å². The lowest BCUT2D eigenvalue weighted by Crippen LogP contribution is -2.07. The summed E-state index contributed by atoms with van der Waals surface area (Å²) in [5, 5.41) is 6.50. The van der Waals surface area contributed by atoms with Crippen LogP contribution in [-0.4, -0.2) is 22.3 Å². The summed E-state index contributed by atoms with van der Waals surface area (Å²) in [6, 6.07) is 6.22. The van der Waals surface area contributed by atoms with Gasteiger partial charge in [0.2, 0.25) is 5.91 Å². The Morgan fingerprint density at radius 3 is 2.86 bits per heavy atom. The third-order valence-electron chi connectivity index (χ3n) is 2.52. The smallest absolute Gasteiger partial charge is 0.387 e. The molecule has 1 N–H and O–H groups in total. The number of hydrogen-bond acceptors (Lipinski definition) is 3. The quantitative estimate of drug-likeness (QED) is 0.862. The molecule has 0 atom stereocenters. The van der Waals surface area contributed by atoms with Gasteiger partial charge in [0.1, 0.15) is 5.75 Å². The fraction of sp³-hybridized carbons (Fsp3) is 0.143. The van der Waals surface area contributed by atoms with Crippen LogP contribution >= 0.6 is 0 Å². The van der Waals surface area contributed by atoms with E-state index < -0.39 is 12.5 Å². The zero-order chi connectivity index (χ0) is 15.2. The van der Waals surface area contributed by atoms with Crippen LogP contribution in [0.1, 0.15) is 5.56 Å². The van der Waals surface area contributed by atoms with Gasteiger partial charge in [-0.2, -0.15) is 13.9 Å². The lowest BCUT2D eigenvalue weighted by atomic mass is 10.2. The zero-order valence-corrected chi connectivity index (χ0v) is 11.2. The lowest BCUT2D eigenvalue weighted by molar-refractivity contribution is -0.111. The van der Waals surface area contributed by atoms with Crippen LogP contribution in [0.25, 0.3) is 6.08 Å². The van der Waals surface area contributed by atoms with E-state index in [9.17, 15) is 13.6 Å². The molecule has 1 aromatic heterocycles. The van der Waals surface area contributed by atoms with Crippen molar-refractivity contribution >= 4 is 17.7 Å². The molecule has 0 aliphatic rings. The highest BCUT2D eigenvalue weighted by molar-refractivity contribution is 6.01. The Balaban J connectivity index is 2.05. The Morgan fingerprint density at radius 1 is 1.43 bits per heavy atom. The van der Waals surface area contributed by atoms with Crippen molar-refractivity contribution in [3.05, 3.63) is 48.3 Å². The van der Waals surface area contributed by atoms with Crippen molar-refractivity contribution in [2.24, 2.45) is 7.05 Å². The van der Waals surface area contributed by atoms with Crippen LogP contribution in [0.2, 0.25) is 0 Å². The minimum absolute atomic E-state index is 0.0120. The molecule has 1 aromatic carbocycles. The number of benzene rings is 1. The molecule has 1 heterocycles. The Morgan fingerprint density at radius 2 is 2.19 bits per heavy atom. The Labute approximate surface area is 119 Å². The largest absolute Gasteiger partial charge is 0.434 e. The second-order valence-corrected chi connectivity index (χ2v) is 4.14. The highest BCUT2D eigenvalue weighted by atomic mass is 19.3. The molecule has 0 radical (unpaired) electrons. The fourth-order valence-corrected chi connectivity index (χ4v) is 1.66. The molecule has 0 saturated carbocycles. The van der Waals surface area contributed by atoms with E-state index in [0.29, 0.717) is 11.3 Å². The SMILES string of the molecule is Cn1cc(NC(=O)/C=C/c2ccccc2OC(F)F)cn1. The molecule has 0 aliphatic carbocycles. The number of anilines is 1. The van der Waals surface area contributed by atoms with Gasteiger partial charge >= 0.3 is 6.61 Å². The van der Waals surface area contributed by atoms with Gasteiger partial charge in [-0.1, -0.05) is 18.2 Å². The summed E-state index contributed by atoms with van der Waals surface area (Å²) in [7, 11) is 1.73. The van der Waals surface area contributed by atoms with Gasteiger partial charge in [-0.05, 0) is 12.1 Å². The van der Waals surface area contributed by atoms with Crippen LogP contribution in [0, 0.1) is 0 Å². The first-order chi connectivity index (χ1) is 10.0. The van der Waals surface area contributed by atoms with E-state index >= 15 is 0 Å². The maximum atomic E-state index is 12.3. The van der Waals surface area contributed by atoms with Gasteiger partial charge in [-0.15, -0.1) is 0 Å². The van der Waals surface area contributed by atoms with E-state index in [1.165, 1.54) is 24.4 Å². The Kier molecular flexibility index (Phi) is 4.65. The van der Waals surface area contributed by atoms with Gasteiger partial charge in [0.15, 0.2) is 0 Å². The average molecular weight is 293 g/mol. The number of nitrogens with zero attached hydrogens (tertiary/aromatic N) is 2. The fourth-order valence-electron chi connectivity index (χ4n) is 1.66. The number of aromatic nitrogens is 2. The van der Waals surface area contributed by atoms with E-state index in [1.54, 1.807) is 36.1 Å². The first-order valence-corrected chi connectivity index (χ1v) is 6.06. The van der Waals surface area contributed by atoms with E-state index in [1.807, 2.05) is 0 Å². The molecule has 0 fully saturated rings. The number of aryl methyl sites for hydroxylation is 1. The molecule has 0 saturated heterocycles. The third-order valence-corrected chi connectivity index (χ3v) is 2.52. The van der Waals surface area contributed by atoms with Crippen LogP contribution in [0.15, 0.2) is 42.7 Å². The van der Waals surface area contributed by atoms with Gasteiger partial charge in [-0.3, -0.25) is 9.48 Å². The maximum absolute atomic E-state index is 12.3. The molecule has 0 unspecified atom stereocenters. The second kappa shape index (κ2) is 6.65. The lowest BCUT2D eigenvalue weighted by Gasteiger charge is -2.07. The molecule has 7 heteroatoms. The van der Waals surface area contributed by atoms with E-state index in [0.717, 1.165) is 0 Å². The molecule has 110 valence electrons. The first kappa shape index (κ1) is 14.7.